The summed E-state index contributed by atoms with van der Waals surface area (Å²) in [5.74, 6) is 1.09. The molecule has 0 aromatic carbocycles. The van der Waals surface area contributed by atoms with E-state index in [1.807, 2.05) is 19.9 Å². The Morgan fingerprint density at radius 2 is 2.33 bits per heavy atom. The number of hydrogen-bond donors (Lipinski definition) is 1. The Balaban J connectivity index is 1.52. The third kappa shape index (κ3) is 2.71. The molecule has 1 N–H and O–H groups in total. The van der Waals surface area contributed by atoms with Gasteiger partial charge in [-0.15, -0.1) is 16.4 Å². The average Bonchev–Trinajstić information content (AvgIpc) is 2.98. The topological polar surface area (TPSA) is 98.7 Å². The molecule has 1 saturated carbocycles. The molecule has 1 fully saturated rings. The maximum absolute atomic E-state index is 12.6. The third-order valence-corrected chi connectivity index (χ3v) is 4.87. The Hall–Kier alpha value is -2.55. The van der Waals surface area contributed by atoms with E-state index in [1.165, 1.54) is 11.3 Å². The number of carbonyl (C=O) groups excluding carboxylic acids is 1. The molecule has 0 unspecified atom stereocenters. The van der Waals surface area contributed by atoms with Crippen molar-refractivity contribution in [2.45, 2.75) is 38.8 Å². The summed E-state index contributed by atoms with van der Waals surface area (Å²) in [6, 6.07) is 3.69. The molecule has 3 aromatic heterocycles. The van der Waals surface area contributed by atoms with Crippen LogP contribution in [-0.2, 0) is 0 Å². The molecule has 24 heavy (non-hydrogen) atoms. The molecule has 4 rings (SSSR count). The molecule has 1 atom stereocenters. The van der Waals surface area contributed by atoms with Crippen molar-refractivity contribution in [1.29, 1.82) is 0 Å². The van der Waals surface area contributed by atoms with Gasteiger partial charge in [0.1, 0.15) is 5.69 Å². The number of aromatic nitrogens is 5. The van der Waals surface area contributed by atoms with E-state index in [-0.39, 0.29) is 11.9 Å². The number of hydrogen-bond acceptors (Lipinski definition) is 7. The van der Waals surface area contributed by atoms with Gasteiger partial charge in [-0.2, -0.15) is 0 Å². The van der Waals surface area contributed by atoms with Crippen molar-refractivity contribution < 1.29 is 9.21 Å². The second-order valence-corrected chi connectivity index (χ2v) is 7.01. The molecule has 124 valence electrons. The maximum atomic E-state index is 12.6. The normalized spacial score (nSPS) is 15.4. The average molecular weight is 344 g/mol. The van der Waals surface area contributed by atoms with Crippen LogP contribution in [0.2, 0.25) is 0 Å². The van der Waals surface area contributed by atoms with Gasteiger partial charge in [-0.1, -0.05) is 0 Å². The van der Waals surface area contributed by atoms with Gasteiger partial charge in [0.15, 0.2) is 16.6 Å². The van der Waals surface area contributed by atoms with E-state index in [0.29, 0.717) is 28.3 Å². The zero-order valence-corrected chi connectivity index (χ0v) is 14.1. The molecular formula is C15H16N6O2S. The summed E-state index contributed by atoms with van der Waals surface area (Å²) in [6.45, 7) is 3.75. The molecule has 0 spiro atoms. The van der Waals surface area contributed by atoms with Crippen LogP contribution >= 0.6 is 11.3 Å². The summed E-state index contributed by atoms with van der Waals surface area (Å²) in [5.41, 5.74) is 0.406. The SMILES string of the molecule is Cc1sc(-c2ccco2)nc1C(=O)N[C@@H](C)c1nnnn1C1CC1. The van der Waals surface area contributed by atoms with Gasteiger partial charge in [-0.05, 0) is 49.2 Å². The quantitative estimate of drug-likeness (QED) is 0.763. The third-order valence-electron chi connectivity index (χ3n) is 3.89. The second-order valence-electron chi connectivity index (χ2n) is 5.81. The fourth-order valence-electron chi connectivity index (χ4n) is 2.51. The van der Waals surface area contributed by atoms with Crippen LogP contribution in [0.15, 0.2) is 22.8 Å². The number of nitrogens with zero attached hydrogens (tertiary/aromatic N) is 5. The number of nitrogens with one attached hydrogen (secondary N) is 1. The van der Waals surface area contributed by atoms with Crippen LogP contribution in [0.25, 0.3) is 10.8 Å². The molecule has 1 amide bonds. The first-order valence-electron chi connectivity index (χ1n) is 7.73. The highest BCUT2D eigenvalue weighted by atomic mass is 32.1. The number of rotatable bonds is 5. The van der Waals surface area contributed by atoms with Crippen LogP contribution in [0.3, 0.4) is 0 Å². The molecule has 0 radical (unpaired) electrons. The van der Waals surface area contributed by atoms with E-state index in [0.717, 1.165) is 17.7 Å². The Bertz CT molecular complexity index is 865. The minimum Gasteiger partial charge on any atom is -0.462 e. The summed E-state index contributed by atoms with van der Waals surface area (Å²) in [6.07, 6.45) is 3.75. The molecule has 1 aliphatic carbocycles. The fraction of sp³-hybridized carbons (Fsp3) is 0.400. The van der Waals surface area contributed by atoms with Crippen molar-refractivity contribution in [3.8, 4) is 10.8 Å². The van der Waals surface area contributed by atoms with Gasteiger partial charge in [0.2, 0.25) is 0 Å². The molecule has 8 nitrogen and oxygen atoms in total. The van der Waals surface area contributed by atoms with Gasteiger partial charge in [-0.3, -0.25) is 4.79 Å². The molecular weight excluding hydrogens is 328 g/mol. The van der Waals surface area contributed by atoms with Crippen molar-refractivity contribution in [1.82, 2.24) is 30.5 Å². The summed E-state index contributed by atoms with van der Waals surface area (Å²) in [5, 5.41) is 15.4. The first-order valence-corrected chi connectivity index (χ1v) is 8.55. The van der Waals surface area contributed by atoms with Crippen LogP contribution in [0.4, 0.5) is 0 Å². The number of tetrazole rings is 1. The van der Waals surface area contributed by atoms with Crippen LogP contribution in [-0.4, -0.2) is 31.1 Å². The van der Waals surface area contributed by atoms with Crippen LogP contribution in [0.1, 0.15) is 53.0 Å². The molecule has 0 aliphatic heterocycles. The summed E-state index contributed by atoms with van der Waals surface area (Å²) in [4.78, 5) is 17.8. The van der Waals surface area contributed by atoms with Crippen molar-refractivity contribution in [3.63, 3.8) is 0 Å². The van der Waals surface area contributed by atoms with Crippen molar-refractivity contribution in [2.75, 3.05) is 0 Å². The van der Waals surface area contributed by atoms with E-state index < -0.39 is 0 Å². The van der Waals surface area contributed by atoms with Gasteiger partial charge >= 0.3 is 0 Å². The van der Waals surface area contributed by atoms with Crippen molar-refractivity contribution in [3.05, 3.63) is 34.8 Å². The Morgan fingerprint density at radius 1 is 1.50 bits per heavy atom. The second kappa shape index (κ2) is 5.82. The lowest BCUT2D eigenvalue weighted by Crippen LogP contribution is -2.29. The standard InChI is InChI=1S/C15H16N6O2S/c1-8(13-18-19-20-21(13)10-5-6-10)16-14(22)12-9(2)24-15(17-12)11-4-3-7-23-11/h3-4,7-8,10H,5-6H2,1-2H3,(H,16,22)/t8-/m0/s1. The van der Waals surface area contributed by atoms with Crippen molar-refractivity contribution >= 4 is 17.2 Å². The van der Waals surface area contributed by atoms with Gasteiger partial charge in [0.25, 0.3) is 5.91 Å². The Labute approximate surface area is 141 Å². The summed E-state index contributed by atoms with van der Waals surface area (Å²) in [7, 11) is 0. The van der Waals surface area contributed by atoms with Gasteiger partial charge < -0.3 is 9.73 Å². The first kappa shape index (κ1) is 15.0. The molecule has 0 saturated heterocycles. The Kier molecular flexibility index (Phi) is 3.64. The largest absolute Gasteiger partial charge is 0.462 e. The van der Waals surface area contributed by atoms with Crippen molar-refractivity contribution in [2.24, 2.45) is 0 Å². The number of furan rings is 1. The number of amides is 1. The highest BCUT2D eigenvalue weighted by molar-refractivity contribution is 7.15. The number of carbonyl (C=O) groups is 1. The predicted octanol–water partition coefficient (Wildman–Crippen LogP) is 2.52. The molecule has 3 heterocycles. The highest BCUT2D eigenvalue weighted by Gasteiger charge is 2.30. The fourth-order valence-corrected chi connectivity index (χ4v) is 3.39. The van der Waals surface area contributed by atoms with E-state index in [4.69, 9.17) is 4.42 Å². The van der Waals surface area contributed by atoms with Gasteiger partial charge in [0.05, 0.1) is 18.3 Å². The minimum absolute atomic E-state index is 0.237. The van der Waals surface area contributed by atoms with Gasteiger partial charge in [0, 0.05) is 4.88 Å². The number of aryl methyl sites for hydroxylation is 1. The zero-order chi connectivity index (χ0) is 16.7. The van der Waals surface area contributed by atoms with Crippen LogP contribution < -0.4 is 5.32 Å². The predicted molar refractivity (Wildman–Crippen MR) is 86.5 cm³/mol. The minimum atomic E-state index is -0.290. The van der Waals surface area contributed by atoms with E-state index in [9.17, 15) is 4.79 Å². The van der Waals surface area contributed by atoms with Gasteiger partial charge in [-0.25, -0.2) is 9.67 Å². The summed E-state index contributed by atoms with van der Waals surface area (Å²) < 4.78 is 7.14. The molecule has 1 aliphatic rings. The van der Waals surface area contributed by atoms with E-state index >= 15 is 0 Å². The first-order chi connectivity index (χ1) is 11.6. The molecule has 0 bridgehead atoms. The Morgan fingerprint density at radius 3 is 3.04 bits per heavy atom. The maximum Gasteiger partial charge on any atom is 0.271 e. The lowest BCUT2D eigenvalue weighted by atomic mass is 10.2. The zero-order valence-electron chi connectivity index (χ0n) is 13.3. The monoisotopic (exact) mass is 344 g/mol. The lowest BCUT2D eigenvalue weighted by Gasteiger charge is -2.12. The molecule has 9 heteroatoms. The molecule has 3 aromatic rings. The highest BCUT2D eigenvalue weighted by Crippen LogP contribution is 2.35. The van der Waals surface area contributed by atoms with Crippen LogP contribution in [0.5, 0.6) is 0 Å². The van der Waals surface area contributed by atoms with E-state index in [1.54, 1.807) is 17.0 Å². The smallest absolute Gasteiger partial charge is 0.271 e. The number of thiazole rings is 1. The lowest BCUT2D eigenvalue weighted by molar-refractivity contribution is 0.0932. The van der Waals surface area contributed by atoms with Crippen LogP contribution in [0, 0.1) is 6.92 Å². The summed E-state index contributed by atoms with van der Waals surface area (Å²) >= 11 is 1.43. The van der Waals surface area contributed by atoms with E-state index in [2.05, 4.69) is 25.8 Å².